The van der Waals surface area contributed by atoms with Crippen LogP contribution in [0, 0.1) is 11.6 Å². The normalized spacial score (nSPS) is 11.0. The van der Waals surface area contributed by atoms with Crippen LogP contribution in [-0.2, 0) is 19.9 Å². The van der Waals surface area contributed by atoms with Gasteiger partial charge in [0, 0.05) is 7.05 Å². The van der Waals surface area contributed by atoms with Crippen molar-refractivity contribution in [2.75, 3.05) is 0 Å². The maximum Gasteiger partial charge on any atom is 0.285 e. The Labute approximate surface area is 146 Å². The van der Waals surface area contributed by atoms with Crippen LogP contribution in [0.3, 0.4) is 0 Å². The third-order valence-corrected chi connectivity index (χ3v) is 4.76. The lowest BCUT2D eigenvalue weighted by Gasteiger charge is -2.10. The molecule has 3 nitrogen and oxygen atoms in total. The molecule has 0 saturated carbocycles. The molecule has 0 unspecified atom stereocenters. The highest BCUT2D eigenvalue weighted by atomic mass is 79.9. The van der Waals surface area contributed by atoms with Crippen LogP contribution in [0.2, 0.25) is 0 Å². The largest absolute Gasteiger partial charge is 0.285 e. The zero-order valence-electron chi connectivity index (χ0n) is 13.0. The fourth-order valence-electron chi connectivity index (χ4n) is 2.67. The first-order valence-electron chi connectivity index (χ1n) is 7.44. The van der Waals surface area contributed by atoms with Gasteiger partial charge in [-0.2, -0.15) is 0 Å². The molecule has 0 spiro atoms. The van der Waals surface area contributed by atoms with Crippen molar-refractivity contribution in [2.45, 2.75) is 12.8 Å². The van der Waals surface area contributed by atoms with E-state index in [1.165, 1.54) is 28.9 Å². The third kappa shape index (κ3) is 3.19. The van der Waals surface area contributed by atoms with Crippen molar-refractivity contribution in [3.05, 3.63) is 86.2 Å². The van der Waals surface area contributed by atoms with E-state index in [1.807, 2.05) is 0 Å². The van der Waals surface area contributed by atoms with Crippen LogP contribution in [0.5, 0.6) is 0 Å². The number of hydrogen-bond donors (Lipinski definition) is 0. The number of nitrogens with zero attached hydrogens (tertiary/aromatic N) is 2. The zero-order chi connectivity index (χ0) is 17.3. The lowest BCUT2D eigenvalue weighted by molar-refractivity contribution is 0.604. The van der Waals surface area contributed by atoms with Crippen molar-refractivity contribution in [3.63, 3.8) is 0 Å². The first kappa shape index (κ1) is 16.6. The summed E-state index contributed by atoms with van der Waals surface area (Å²) in [5.41, 5.74) is 2.22. The van der Waals surface area contributed by atoms with Gasteiger partial charge in [-0.25, -0.2) is 13.5 Å². The molecule has 0 bridgehead atoms. The van der Waals surface area contributed by atoms with E-state index in [0.717, 1.165) is 11.3 Å². The van der Waals surface area contributed by atoms with Crippen molar-refractivity contribution in [1.82, 2.24) is 9.36 Å². The van der Waals surface area contributed by atoms with Gasteiger partial charge in [0.1, 0.15) is 16.1 Å². The molecule has 0 amide bonds. The predicted octanol–water partition coefficient (Wildman–Crippen LogP) is 4.00. The Kier molecular flexibility index (Phi) is 4.66. The van der Waals surface area contributed by atoms with Crippen molar-refractivity contribution >= 4 is 15.9 Å². The first-order valence-corrected chi connectivity index (χ1v) is 8.23. The summed E-state index contributed by atoms with van der Waals surface area (Å²) < 4.78 is 29.8. The molecule has 0 fully saturated rings. The summed E-state index contributed by atoms with van der Waals surface area (Å²) in [7, 11) is 1.79. The molecule has 0 aliphatic carbocycles. The molecule has 124 valence electrons. The second-order valence-electron chi connectivity index (χ2n) is 5.50. The van der Waals surface area contributed by atoms with E-state index in [4.69, 9.17) is 0 Å². The summed E-state index contributed by atoms with van der Waals surface area (Å²) in [4.78, 5) is 12.5. The van der Waals surface area contributed by atoms with E-state index in [-0.39, 0.29) is 17.2 Å². The summed E-state index contributed by atoms with van der Waals surface area (Å²) in [5, 5.41) is 0. The number of aryl methyl sites for hydroxylation is 1. The second-order valence-corrected chi connectivity index (χ2v) is 6.30. The molecule has 0 aliphatic rings. The quantitative estimate of drug-likeness (QED) is 0.658. The Hall–Kier alpha value is -2.21. The minimum absolute atomic E-state index is 0.196. The molecule has 3 aromatic rings. The molecule has 0 N–H and O–H groups in total. The van der Waals surface area contributed by atoms with Gasteiger partial charge in [-0.15, -0.1) is 0 Å². The van der Waals surface area contributed by atoms with Crippen LogP contribution in [0.15, 0.2) is 57.8 Å². The Morgan fingerprint density at radius 1 is 0.917 bits per heavy atom. The van der Waals surface area contributed by atoms with Gasteiger partial charge < -0.3 is 0 Å². The zero-order valence-corrected chi connectivity index (χ0v) is 14.6. The highest BCUT2D eigenvalue weighted by molar-refractivity contribution is 9.10. The molecule has 1 heterocycles. The minimum Gasteiger partial charge on any atom is -0.284 e. The molecule has 24 heavy (non-hydrogen) atoms. The second kappa shape index (κ2) is 6.73. The number of aromatic nitrogens is 2. The molecule has 0 radical (unpaired) electrons. The van der Waals surface area contributed by atoms with Gasteiger partial charge in [0.15, 0.2) is 0 Å². The van der Waals surface area contributed by atoms with E-state index in [1.54, 1.807) is 36.0 Å². The lowest BCUT2D eigenvalue weighted by atomic mass is 10.1. The maximum absolute atomic E-state index is 13.1. The standard InChI is InChI=1S/C18H15BrF2N2O/c1-22-16(11-4-12-2-5-13(20)6-3-12)17(19)18(24)23(22)15-9-7-14(21)8-10-15/h2-3,5-10H,4,11H2,1H3. The van der Waals surface area contributed by atoms with E-state index in [9.17, 15) is 13.6 Å². The van der Waals surface area contributed by atoms with Crippen LogP contribution >= 0.6 is 15.9 Å². The van der Waals surface area contributed by atoms with Crippen LogP contribution in [-0.4, -0.2) is 9.36 Å². The van der Waals surface area contributed by atoms with Crippen LogP contribution in [0.1, 0.15) is 11.3 Å². The van der Waals surface area contributed by atoms with E-state index < -0.39 is 0 Å². The monoisotopic (exact) mass is 392 g/mol. The molecule has 3 rings (SSSR count). The number of benzene rings is 2. The van der Waals surface area contributed by atoms with Gasteiger partial charge in [0.05, 0.1) is 11.4 Å². The maximum atomic E-state index is 13.1. The summed E-state index contributed by atoms with van der Waals surface area (Å²) >= 11 is 3.36. The molecular weight excluding hydrogens is 378 g/mol. The van der Waals surface area contributed by atoms with Gasteiger partial charge in [-0.1, -0.05) is 12.1 Å². The highest BCUT2D eigenvalue weighted by Crippen LogP contribution is 2.18. The Morgan fingerprint density at radius 2 is 1.46 bits per heavy atom. The highest BCUT2D eigenvalue weighted by Gasteiger charge is 2.16. The first-order chi connectivity index (χ1) is 11.5. The number of halogens is 3. The predicted molar refractivity (Wildman–Crippen MR) is 92.5 cm³/mol. The summed E-state index contributed by atoms with van der Waals surface area (Å²) in [6, 6.07) is 12.1. The molecule has 0 saturated heterocycles. The summed E-state index contributed by atoms with van der Waals surface area (Å²) in [5.74, 6) is -0.619. The van der Waals surface area contributed by atoms with Gasteiger partial charge in [-0.05, 0) is 70.7 Å². The van der Waals surface area contributed by atoms with Gasteiger partial charge >= 0.3 is 0 Å². The SMILES string of the molecule is Cn1c(CCc2ccc(F)cc2)c(Br)c(=O)n1-c1ccc(F)cc1. The van der Waals surface area contributed by atoms with Crippen molar-refractivity contribution < 1.29 is 8.78 Å². The van der Waals surface area contributed by atoms with E-state index in [0.29, 0.717) is 23.0 Å². The number of rotatable bonds is 4. The molecule has 1 aromatic heterocycles. The molecular formula is C18H15BrF2N2O. The van der Waals surface area contributed by atoms with E-state index in [2.05, 4.69) is 15.9 Å². The minimum atomic E-state index is -0.350. The van der Waals surface area contributed by atoms with Crippen LogP contribution in [0.4, 0.5) is 8.78 Å². The van der Waals surface area contributed by atoms with Crippen LogP contribution < -0.4 is 5.56 Å². The molecule has 0 aliphatic heterocycles. The molecule has 6 heteroatoms. The number of hydrogen-bond acceptors (Lipinski definition) is 1. The van der Waals surface area contributed by atoms with Gasteiger partial charge in [0.2, 0.25) is 0 Å². The lowest BCUT2D eigenvalue weighted by Crippen LogP contribution is -2.19. The summed E-state index contributed by atoms with van der Waals surface area (Å²) in [6.07, 6.45) is 1.30. The van der Waals surface area contributed by atoms with Crippen molar-refractivity contribution in [2.24, 2.45) is 7.05 Å². The molecule has 0 atom stereocenters. The Bertz CT molecular complexity index is 912. The average Bonchev–Trinajstić information content (AvgIpc) is 2.78. The summed E-state index contributed by atoms with van der Waals surface area (Å²) in [6.45, 7) is 0. The average molecular weight is 393 g/mol. The van der Waals surface area contributed by atoms with Crippen LogP contribution in [0.25, 0.3) is 5.69 Å². The van der Waals surface area contributed by atoms with E-state index >= 15 is 0 Å². The fourth-order valence-corrected chi connectivity index (χ4v) is 3.30. The third-order valence-electron chi connectivity index (χ3n) is 3.96. The smallest absolute Gasteiger partial charge is 0.284 e. The fraction of sp³-hybridized carbons (Fsp3) is 0.167. The van der Waals surface area contributed by atoms with Gasteiger partial charge in [0.25, 0.3) is 5.56 Å². The van der Waals surface area contributed by atoms with Crippen molar-refractivity contribution in [3.8, 4) is 5.69 Å². The molecule has 2 aromatic carbocycles. The Balaban J connectivity index is 1.92. The van der Waals surface area contributed by atoms with Crippen molar-refractivity contribution in [1.29, 1.82) is 0 Å². The Morgan fingerprint density at radius 3 is 2.04 bits per heavy atom. The topological polar surface area (TPSA) is 26.9 Å². The van der Waals surface area contributed by atoms with Gasteiger partial charge in [-0.3, -0.25) is 9.48 Å².